The number of carbonyl (C=O) groups is 2. The highest BCUT2D eigenvalue weighted by atomic mass is 35.5. The number of rotatable bonds is 9. The van der Waals surface area contributed by atoms with Crippen LogP contribution in [0.2, 0.25) is 5.02 Å². The Kier molecular flexibility index (Phi) is 8.48. The van der Waals surface area contributed by atoms with Gasteiger partial charge in [0.05, 0.1) is 7.11 Å². The molecule has 0 saturated heterocycles. The summed E-state index contributed by atoms with van der Waals surface area (Å²) in [5, 5.41) is 12.7. The van der Waals surface area contributed by atoms with Crippen LogP contribution in [0.25, 0.3) is 0 Å². The van der Waals surface area contributed by atoms with Crippen LogP contribution in [-0.4, -0.2) is 41.2 Å². The molecular formula is C25H24ClFN2O6. The van der Waals surface area contributed by atoms with Gasteiger partial charge in [-0.05, 0) is 31.5 Å². The summed E-state index contributed by atoms with van der Waals surface area (Å²) in [5.74, 6) is -2.34. The third-order valence-electron chi connectivity index (χ3n) is 4.98. The normalized spacial score (nSPS) is 13.3. The van der Waals surface area contributed by atoms with Gasteiger partial charge in [0.15, 0.2) is 23.3 Å². The van der Waals surface area contributed by atoms with Gasteiger partial charge < -0.3 is 24.6 Å². The van der Waals surface area contributed by atoms with Crippen LogP contribution in [0.1, 0.15) is 36.0 Å². The van der Waals surface area contributed by atoms with Crippen molar-refractivity contribution in [3.63, 3.8) is 0 Å². The lowest BCUT2D eigenvalue weighted by Crippen LogP contribution is -2.42. The maximum atomic E-state index is 13.8. The number of aromatic nitrogens is 1. The molecule has 2 aromatic carbocycles. The van der Waals surface area contributed by atoms with Crippen molar-refractivity contribution in [2.75, 3.05) is 7.11 Å². The summed E-state index contributed by atoms with van der Waals surface area (Å²) in [6.07, 6.45) is -0.349. The molecule has 35 heavy (non-hydrogen) atoms. The first-order valence-corrected chi connectivity index (χ1v) is 11.0. The van der Waals surface area contributed by atoms with Crippen molar-refractivity contribution < 1.29 is 33.3 Å². The quantitative estimate of drug-likeness (QED) is 0.416. The topological polar surface area (TPSA) is 107 Å². The van der Waals surface area contributed by atoms with E-state index in [1.54, 1.807) is 31.2 Å². The number of carbonyl (C=O) groups excluding carboxylic acids is 2. The Bertz CT molecular complexity index is 1170. The van der Waals surface area contributed by atoms with Gasteiger partial charge in [0.25, 0.3) is 5.91 Å². The van der Waals surface area contributed by atoms with E-state index < -0.39 is 41.7 Å². The lowest BCUT2D eigenvalue weighted by atomic mass is 10.0. The fourth-order valence-corrected chi connectivity index (χ4v) is 3.47. The van der Waals surface area contributed by atoms with Crippen LogP contribution in [0, 0.1) is 5.82 Å². The van der Waals surface area contributed by atoms with Crippen LogP contribution < -0.4 is 14.8 Å². The first-order chi connectivity index (χ1) is 16.7. The van der Waals surface area contributed by atoms with Crippen molar-refractivity contribution in [1.82, 2.24) is 10.3 Å². The van der Waals surface area contributed by atoms with E-state index in [1.165, 1.54) is 38.4 Å². The van der Waals surface area contributed by atoms with Crippen molar-refractivity contribution in [3.8, 4) is 17.2 Å². The number of amides is 1. The van der Waals surface area contributed by atoms with E-state index in [0.29, 0.717) is 5.56 Å². The smallest absolute Gasteiger partial charge is 0.328 e. The SMILES string of the molecule is COc1ccnc(C(=O)N[C@@H](C)C(=O)O[C@@H](C)[C@H](Oc2cc(F)cc(Cl)c2)c2ccccc2)c1O. The van der Waals surface area contributed by atoms with E-state index in [0.717, 1.165) is 6.07 Å². The number of methoxy groups -OCH3 is 1. The molecule has 0 spiro atoms. The standard InChI is InChI=1S/C25H24ClFN2O6/c1-14(29-24(31)21-22(30)20(33-3)9-10-28-21)25(32)34-15(2)23(16-7-5-4-6-8-16)35-19-12-17(26)11-18(27)13-19/h4-15,23,30H,1-3H3,(H,29,31)/t14-,15-,23-/m0/s1. The maximum absolute atomic E-state index is 13.8. The summed E-state index contributed by atoms with van der Waals surface area (Å²) >= 11 is 5.94. The van der Waals surface area contributed by atoms with E-state index in [4.69, 9.17) is 25.8 Å². The van der Waals surface area contributed by atoms with Crippen LogP contribution >= 0.6 is 11.6 Å². The van der Waals surface area contributed by atoms with Crippen molar-refractivity contribution in [2.24, 2.45) is 0 Å². The van der Waals surface area contributed by atoms with Crippen molar-refractivity contribution >= 4 is 23.5 Å². The monoisotopic (exact) mass is 502 g/mol. The predicted octanol–water partition coefficient (Wildman–Crippen LogP) is 4.46. The van der Waals surface area contributed by atoms with Gasteiger partial charge in [-0.1, -0.05) is 41.9 Å². The number of aromatic hydroxyl groups is 1. The summed E-state index contributed by atoms with van der Waals surface area (Å²) in [7, 11) is 1.33. The second-order valence-electron chi connectivity index (χ2n) is 7.60. The number of nitrogens with zero attached hydrogens (tertiary/aromatic N) is 1. The maximum Gasteiger partial charge on any atom is 0.328 e. The van der Waals surface area contributed by atoms with Gasteiger partial charge in [0.1, 0.15) is 23.7 Å². The van der Waals surface area contributed by atoms with Crippen molar-refractivity contribution in [1.29, 1.82) is 0 Å². The molecule has 0 unspecified atom stereocenters. The first-order valence-electron chi connectivity index (χ1n) is 10.6. The van der Waals surface area contributed by atoms with Crippen LogP contribution in [-0.2, 0) is 9.53 Å². The summed E-state index contributed by atoms with van der Waals surface area (Å²) in [4.78, 5) is 29.1. The third kappa shape index (κ3) is 6.60. The van der Waals surface area contributed by atoms with E-state index in [1.807, 2.05) is 6.07 Å². The summed E-state index contributed by atoms with van der Waals surface area (Å²) in [5.41, 5.74) is 0.376. The molecule has 10 heteroatoms. The molecule has 0 aliphatic carbocycles. The number of benzene rings is 2. The van der Waals surface area contributed by atoms with Crippen molar-refractivity contribution in [3.05, 3.63) is 82.9 Å². The Hall–Kier alpha value is -3.85. The highest BCUT2D eigenvalue weighted by molar-refractivity contribution is 6.30. The number of pyridine rings is 1. The van der Waals surface area contributed by atoms with Gasteiger partial charge in [0, 0.05) is 23.4 Å². The van der Waals surface area contributed by atoms with Gasteiger partial charge in [0.2, 0.25) is 0 Å². The Balaban J connectivity index is 1.73. The lowest BCUT2D eigenvalue weighted by molar-refractivity contribution is -0.154. The molecule has 2 N–H and O–H groups in total. The van der Waals surface area contributed by atoms with Gasteiger partial charge >= 0.3 is 5.97 Å². The number of ether oxygens (including phenoxy) is 3. The summed E-state index contributed by atoms with van der Waals surface area (Å²) in [6.45, 7) is 3.04. The van der Waals surface area contributed by atoms with E-state index in [9.17, 15) is 19.1 Å². The zero-order valence-electron chi connectivity index (χ0n) is 19.2. The second kappa shape index (κ2) is 11.5. The lowest BCUT2D eigenvalue weighted by Gasteiger charge is -2.27. The Morgan fingerprint density at radius 1 is 1.11 bits per heavy atom. The minimum absolute atomic E-state index is 0.0642. The van der Waals surface area contributed by atoms with Crippen molar-refractivity contribution in [2.45, 2.75) is 32.1 Å². The average molecular weight is 503 g/mol. The minimum atomic E-state index is -1.09. The highest BCUT2D eigenvalue weighted by Crippen LogP contribution is 2.30. The van der Waals surface area contributed by atoms with E-state index >= 15 is 0 Å². The predicted molar refractivity (Wildman–Crippen MR) is 126 cm³/mol. The van der Waals surface area contributed by atoms with Crippen LogP contribution in [0.4, 0.5) is 4.39 Å². The summed E-state index contributed by atoms with van der Waals surface area (Å²) in [6, 6.07) is 13.0. The fourth-order valence-electron chi connectivity index (χ4n) is 3.26. The van der Waals surface area contributed by atoms with Crippen LogP contribution in [0.3, 0.4) is 0 Å². The number of esters is 1. The largest absolute Gasteiger partial charge is 0.503 e. The molecule has 0 radical (unpaired) electrons. The highest BCUT2D eigenvalue weighted by Gasteiger charge is 2.29. The minimum Gasteiger partial charge on any atom is -0.503 e. The Labute approximate surface area is 206 Å². The molecule has 3 rings (SSSR count). The molecule has 1 heterocycles. The molecule has 184 valence electrons. The number of halogens is 2. The molecule has 0 aliphatic heterocycles. The second-order valence-corrected chi connectivity index (χ2v) is 8.04. The molecule has 0 bridgehead atoms. The molecule has 8 nitrogen and oxygen atoms in total. The van der Waals surface area contributed by atoms with Crippen LogP contribution in [0.5, 0.6) is 17.2 Å². The van der Waals surface area contributed by atoms with Gasteiger partial charge in [-0.3, -0.25) is 4.79 Å². The zero-order chi connectivity index (χ0) is 25.5. The molecule has 1 amide bonds. The number of hydrogen-bond acceptors (Lipinski definition) is 7. The molecule has 3 aromatic rings. The van der Waals surface area contributed by atoms with Crippen LogP contribution in [0.15, 0.2) is 60.8 Å². The number of nitrogens with one attached hydrogen (secondary N) is 1. The Morgan fingerprint density at radius 3 is 2.49 bits per heavy atom. The molecule has 0 aliphatic rings. The average Bonchev–Trinajstić information content (AvgIpc) is 2.82. The molecular weight excluding hydrogens is 479 g/mol. The summed E-state index contributed by atoms with van der Waals surface area (Å²) < 4.78 is 30.3. The van der Waals surface area contributed by atoms with Gasteiger partial charge in [-0.25, -0.2) is 14.2 Å². The zero-order valence-corrected chi connectivity index (χ0v) is 20.0. The Morgan fingerprint density at radius 2 is 1.83 bits per heavy atom. The molecule has 1 aromatic heterocycles. The molecule has 0 saturated carbocycles. The van der Waals surface area contributed by atoms with Gasteiger partial charge in [-0.15, -0.1) is 0 Å². The van der Waals surface area contributed by atoms with E-state index in [2.05, 4.69) is 10.3 Å². The first kappa shape index (κ1) is 25.8. The fraction of sp³-hybridized carbons (Fsp3) is 0.240. The molecule has 0 fully saturated rings. The van der Waals surface area contributed by atoms with E-state index in [-0.39, 0.29) is 22.2 Å². The number of hydrogen-bond donors (Lipinski definition) is 2. The molecule has 3 atom stereocenters. The van der Waals surface area contributed by atoms with Gasteiger partial charge in [-0.2, -0.15) is 0 Å². The third-order valence-corrected chi connectivity index (χ3v) is 5.20.